The molecule has 1 aromatic carbocycles. The van der Waals surface area contributed by atoms with Gasteiger partial charge in [0.25, 0.3) is 0 Å². The van der Waals surface area contributed by atoms with Gasteiger partial charge in [-0.2, -0.15) is 0 Å². The molecule has 11 heavy (non-hydrogen) atoms. The molecule has 0 N–H and O–H groups in total. The molecule has 0 aliphatic carbocycles. The largest absolute Gasteiger partial charge is 0.494 e. The average molecular weight is 236 g/mol. The lowest BCUT2D eigenvalue weighted by Gasteiger charge is -2.03. The fraction of sp³-hybridized carbons (Fsp3) is 0.250. The van der Waals surface area contributed by atoms with Crippen LogP contribution in [0, 0.1) is 0 Å². The highest BCUT2D eigenvalue weighted by Crippen LogP contribution is 2.26. The lowest BCUT2D eigenvalue weighted by atomic mass is 10.3. The Morgan fingerprint density at radius 2 is 2.27 bits per heavy atom. The standard InChI is InChI=1S/C8H8BrClO/c1-2-11-6-3-4-8(10)7(9)5-6/h3-5H,2H2,1H3. The van der Waals surface area contributed by atoms with Crippen LogP contribution in [0.4, 0.5) is 0 Å². The molecular weight excluding hydrogens is 227 g/mol. The van der Waals surface area contributed by atoms with Gasteiger partial charge in [0.15, 0.2) is 0 Å². The molecule has 0 bridgehead atoms. The van der Waals surface area contributed by atoms with Gasteiger partial charge in [-0.15, -0.1) is 0 Å². The molecule has 1 rings (SSSR count). The van der Waals surface area contributed by atoms with Crippen LogP contribution in [0.2, 0.25) is 5.02 Å². The van der Waals surface area contributed by atoms with E-state index in [0.717, 1.165) is 10.2 Å². The zero-order valence-corrected chi connectivity index (χ0v) is 8.45. The van der Waals surface area contributed by atoms with Crippen LogP contribution in [0.15, 0.2) is 22.7 Å². The summed E-state index contributed by atoms with van der Waals surface area (Å²) in [5.41, 5.74) is 0. The van der Waals surface area contributed by atoms with Crippen molar-refractivity contribution in [3.63, 3.8) is 0 Å². The second-order valence-corrected chi connectivity index (χ2v) is 3.27. The van der Waals surface area contributed by atoms with E-state index in [-0.39, 0.29) is 0 Å². The third kappa shape index (κ3) is 2.38. The Labute approximate surface area is 79.4 Å². The van der Waals surface area contributed by atoms with Crippen LogP contribution in [0.25, 0.3) is 0 Å². The number of hydrogen-bond acceptors (Lipinski definition) is 1. The fourth-order valence-corrected chi connectivity index (χ4v) is 1.21. The highest BCUT2D eigenvalue weighted by Gasteiger charge is 1.97. The summed E-state index contributed by atoms with van der Waals surface area (Å²) in [6, 6.07) is 5.50. The quantitative estimate of drug-likeness (QED) is 0.762. The predicted octanol–water partition coefficient (Wildman–Crippen LogP) is 3.50. The molecule has 3 heteroatoms. The van der Waals surface area contributed by atoms with Gasteiger partial charge in [-0.3, -0.25) is 0 Å². The molecule has 1 aromatic rings. The van der Waals surface area contributed by atoms with E-state index in [2.05, 4.69) is 15.9 Å². The zero-order chi connectivity index (χ0) is 8.27. The van der Waals surface area contributed by atoms with Crippen molar-refractivity contribution in [2.45, 2.75) is 6.92 Å². The lowest BCUT2D eigenvalue weighted by molar-refractivity contribution is 0.340. The Balaban J connectivity index is 2.86. The molecular formula is C8H8BrClO. The minimum absolute atomic E-state index is 0.675. The number of hydrogen-bond donors (Lipinski definition) is 0. The normalized spacial score (nSPS) is 9.73. The maximum absolute atomic E-state index is 5.78. The molecule has 0 heterocycles. The first-order valence-electron chi connectivity index (χ1n) is 3.32. The van der Waals surface area contributed by atoms with E-state index in [1.165, 1.54) is 0 Å². The van der Waals surface area contributed by atoms with Gasteiger partial charge in [-0.05, 0) is 41.1 Å². The third-order valence-electron chi connectivity index (χ3n) is 1.20. The van der Waals surface area contributed by atoms with Crippen LogP contribution in [0.5, 0.6) is 5.75 Å². The number of ether oxygens (including phenoxy) is 1. The first-order chi connectivity index (χ1) is 5.24. The van der Waals surface area contributed by atoms with Crippen LogP contribution in [-0.4, -0.2) is 6.61 Å². The van der Waals surface area contributed by atoms with Crippen LogP contribution in [0.1, 0.15) is 6.92 Å². The Kier molecular flexibility index (Phi) is 3.21. The van der Waals surface area contributed by atoms with Crippen molar-refractivity contribution >= 4 is 27.5 Å². The van der Waals surface area contributed by atoms with Crippen molar-refractivity contribution in [3.8, 4) is 5.75 Å². The maximum atomic E-state index is 5.78. The molecule has 0 fully saturated rings. The monoisotopic (exact) mass is 234 g/mol. The van der Waals surface area contributed by atoms with Crippen molar-refractivity contribution in [2.24, 2.45) is 0 Å². The van der Waals surface area contributed by atoms with Gasteiger partial charge >= 0.3 is 0 Å². The minimum atomic E-state index is 0.675. The molecule has 1 nitrogen and oxygen atoms in total. The Hall–Kier alpha value is -0.210. The second-order valence-electron chi connectivity index (χ2n) is 2.01. The highest BCUT2D eigenvalue weighted by molar-refractivity contribution is 9.10. The summed E-state index contributed by atoms with van der Waals surface area (Å²) in [6.45, 7) is 2.62. The summed E-state index contributed by atoms with van der Waals surface area (Å²) in [5.74, 6) is 0.837. The summed E-state index contributed by atoms with van der Waals surface area (Å²) >= 11 is 9.08. The van der Waals surface area contributed by atoms with Gasteiger partial charge < -0.3 is 4.74 Å². The molecule has 0 atom stereocenters. The predicted molar refractivity (Wildman–Crippen MR) is 50.3 cm³/mol. The molecule has 60 valence electrons. The lowest BCUT2D eigenvalue weighted by Crippen LogP contribution is -1.90. The van der Waals surface area contributed by atoms with Crippen LogP contribution in [0.3, 0.4) is 0 Å². The van der Waals surface area contributed by atoms with Gasteiger partial charge in [-0.1, -0.05) is 11.6 Å². The number of halogens is 2. The van der Waals surface area contributed by atoms with E-state index >= 15 is 0 Å². The summed E-state index contributed by atoms with van der Waals surface area (Å²) < 4.78 is 6.12. The van der Waals surface area contributed by atoms with Crippen molar-refractivity contribution in [2.75, 3.05) is 6.61 Å². The maximum Gasteiger partial charge on any atom is 0.120 e. The van der Waals surface area contributed by atoms with E-state index in [0.29, 0.717) is 11.6 Å². The fourth-order valence-electron chi connectivity index (χ4n) is 0.733. The van der Waals surface area contributed by atoms with Gasteiger partial charge in [0.2, 0.25) is 0 Å². The van der Waals surface area contributed by atoms with Gasteiger partial charge in [0, 0.05) is 4.47 Å². The first-order valence-corrected chi connectivity index (χ1v) is 4.49. The summed E-state index contributed by atoms with van der Waals surface area (Å²) in [6.07, 6.45) is 0. The molecule has 0 radical (unpaired) electrons. The van der Waals surface area contributed by atoms with Crippen LogP contribution >= 0.6 is 27.5 Å². The molecule has 0 aliphatic rings. The van der Waals surface area contributed by atoms with Gasteiger partial charge in [-0.25, -0.2) is 0 Å². The Morgan fingerprint density at radius 3 is 2.82 bits per heavy atom. The number of benzene rings is 1. The topological polar surface area (TPSA) is 9.23 Å². The second kappa shape index (κ2) is 3.98. The number of rotatable bonds is 2. The van der Waals surface area contributed by atoms with E-state index in [1.54, 1.807) is 6.07 Å². The summed E-state index contributed by atoms with van der Waals surface area (Å²) in [7, 11) is 0. The van der Waals surface area contributed by atoms with E-state index in [1.807, 2.05) is 19.1 Å². The third-order valence-corrected chi connectivity index (χ3v) is 2.42. The van der Waals surface area contributed by atoms with Crippen LogP contribution in [-0.2, 0) is 0 Å². The minimum Gasteiger partial charge on any atom is -0.494 e. The van der Waals surface area contributed by atoms with Crippen molar-refractivity contribution in [3.05, 3.63) is 27.7 Å². The van der Waals surface area contributed by atoms with E-state index in [9.17, 15) is 0 Å². The van der Waals surface area contributed by atoms with Gasteiger partial charge in [0.05, 0.1) is 11.6 Å². The summed E-state index contributed by atoms with van der Waals surface area (Å²) in [4.78, 5) is 0. The van der Waals surface area contributed by atoms with Gasteiger partial charge in [0.1, 0.15) is 5.75 Å². The van der Waals surface area contributed by atoms with E-state index in [4.69, 9.17) is 16.3 Å². The van der Waals surface area contributed by atoms with Crippen molar-refractivity contribution < 1.29 is 4.74 Å². The molecule has 0 unspecified atom stereocenters. The molecule has 0 spiro atoms. The van der Waals surface area contributed by atoms with Crippen molar-refractivity contribution in [1.82, 2.24) is 0 Å². The molecule has 0 aromatic heterocycles. The Bertz CT molecular complexity index is 250. The summed E-state index contributed by atoms with van der Waals surface area (Å²) in [5, 5.41) is 0.702. The first kappa shape index (κ1) is 8.88. The molecule has 0 amide bonds. The zero-order valence-electron chi connectivity index (χ0n) is 6.10. The SMILES string of the molecule is CCOc1ccc(Cl)c(Br)c1. The highest BCUT2D eigenvalue weighted by atomic mass is 79.9. The van der Waals surface area contributed by atoms with Crippen LogP contribution < -0.4 is 4.74 Å². The Morgan fingerprint density at radius 1 is 1.55 bits per heavy atom. The smallest absolute Gasteiger partial charge is 0.120 e. The molecule has 0 aliphatic heterocycles. The average Bonchev–Trinajstić information content (AvgIpc) is 1.98. The van der Waals surface area contributed by atoms with Crippen molar-refractivity contribution in [1.29, 1.82) is 0 Å². The molecule has 0 saturated carbocycles. The molecule has 0 saturated heterocycles. The van der Waals surface area contributed by atoms with E-state index < -0.39 is 0 Å².